The number of aryl methyl sites for hydroxylation is 1. The van der Waals surface area contributed by atoms with Gasteiger partial charge in [0.2, 0.25) is 0 Å². The van der Waals surface area contributed by atoms with E-state index in [1.54, 1.807) is 0 Å². The maximum absolute atomic E-state index is 9.83. The number of hydrogen-bond acceptors (Lipinski definition) is 2. The summed E-state index contributed by atoms with van der Waals surface area (Å²) in [5, 5.41) is 9.83. The monoisotopic (exact) mass is 261 g/mol. The van der Waals surface area contributed by atoms with Crippen LogP contribution >= 0.6 is 0 Å². The number of unbranched alkanes of at least 4 members (excludes halogenated alkanes) is 3. The van der Waals surface area contributed by atoms with Gasteiger partial charge in [-0.1, -0.05) is 50.5 Å². The molecule has 0 unspecified atom stereocenters. The maximum Gasteiger partial charge on any atom is 0.114 e. The first-order valence-electron chi connectivity index (χ1n) is 7.71. The molecule has 0 radical (unpaired) electrons. The van der Waals surface area contributed by atoms with Gasteiger partial charge in [-0.25, -0.2) is 0 Å². The van der Waals surface area contributed by atoms with Gasteiger partial charge in [-0.2, -0.15) is 0 Å². The Balaban J connectivity index is 1.85. The van der Waals surface area contributed by atoms with E-state index in [-0.39, 0.29) is 0 Å². The van der Waals surface area contributed by atoms with E-state index in [0.717, 1.165) is 12.8 Å². The molecular formula is C17H27NO. The lowest BCUT2D eigenvalue weighted by atomic mass is 9.95. The highest BCUT2D eigenvalue weighted by Gasteiger charge is 2.34. The zero-order valence-electron chi connectivity index (χ0n) is 12.1. The molecule has 19 heavy (non-hydrogen) atoms. The van der Waals surface area contributed by atoms with Crippen LogP contribution in [0.15, 0.2) is 24.3 Å². The standard InChI is InChI=1S/C17H27NO/c1-2-3-4-5-6-14-7-9-15(10-8-14)16-11-12-17(18,19)13-16/h7-10,16,19H,2-6,11-13,18H2,1H3/t16-,17-/m0/s1. The van der Waals surface area contributed by atoms with E-state index in [9.17, 15) is 5.11 Å². The van der Waals surface area contributed by atoms with Gasteiger partial charge >= 0.3 is 0 Å². The van der Waals surface area contributed by atoms with E-state index in [1.165, 1.54) is 43.2 Å². The Labute approximate surface area is 117 Å². The minimum atomic E-state index is -0.941. The topological polar surface area (TPSA) is 46.2 Å². The highest BCUT2D eigenvalue weighted by Crippen LogP contribution is 2.38. The minimum Gasteiger partial charge on any atom is -0.376 e. The number of hydrogen-bond donors (Lipinski definition) is 2. The van der Waals surface area contributed by atoms with Gasteiger partial charge in [-0.05, 0) is 49.1 Å². The lowest BCUT2D eigenvalue weighted by molar-refractivity contribution is 0.0533. The van der Waals surface area contributed by atoms with E-state index in [0.29, 0.717) is 12.3 Å². The van der Waals surface area contributed by atoms with Gasteiger partial charge in [0.1, 0.15) is 5.72 Å². The van der Waals surface area contributed by atoms with E-state index in [2.05, 4.69) is 31.2 Å². The van der Waals surface area contributed by atoms with Crippen molar-refractivity contribution >= 4 is 0 Å². The van der Waals surface area contributed by atoms with Crippen LogP contribution in [0.4, 0.5) is 0 Å². The zero-order chi connectivity index (χ0) is 13.7. The molecule has 0 bridgehead atoms. The molecule has 1 aromatic rings. The van der Waals surface area contributed by atoms with E-state index in [1.807, 2.05) is 0 Å². The molecule has 2 nitrogen and oxygen atoms in total. The predicted octanol–water partition coefficient (Wildman–Crippen LogP) is 3.72. The fourth-order valence-corrected chi connectivity index (χ4v) is 3.05. The Morgan fingerprint density at radius 1 is 1.21 bits per heavy atom. The van der Waals surface area contributed by atoms with Crippen molar-refractivity contribution in [1.82, 2.24) is 0 Å². The van der Waals surface area contributed by atoms with Crippen LogP contribution in [0.1, 0.15) is 68.9 Å². The minimum absolute atomic E-state index is 0.434. The highest BCUT2D eigenvalue weighted by molar-refractivity contribution is 5.26. The lowest BCUT2D eigenvalue weighted by Gasteiger charge is -2.16. The number of nitrogens with two attached hydrogens (primary N) is 1. The molecule has 1 saturated carbocycles. The Morgan fingerprint density at radius 2 is 1.95 bits per heavy atom. The van der Waals surface area contributed by atoms with Crippen LogP contribution in [0, 0.1) is 0 Å². The van der Waals surface area contributed by atoms with Crippen molar-refractivity contribution in [2.24, 2.45) is 5.73 Å². The van der Waals surface area contributed by atoms with Crippen molar-refractivity contribution in [2.45, 2.75) is 69.9 Å². The zero-order valence-corrected chi connectivity index (χ0v) is 12.1. The molecule has 1 aliphatic carbocycles. The summed E-state index contributed by atoms with van der Waals surface area (Å²) in [6, 6.07) is 8.94. The SMILES string of the molecule is CCCCCCc1ccc([C@H]2CC[C@](N)(O)C2)cc1. The number of rotatable bonds is 6. The van der Waals surface area contributed by atoms with Crippen LogP contribution in [0.2, 0.25) is 0 Å². The third-order valence-corrected chi connectivity index (χ3v) is 4.30. The Hall–Kier alpha value is -0.860. The molecule has 0 amide bonds. The fourth-order valence-electron chi connectivity index (χ4n) is 3.05. The molecule has 2 atom stereocenters. The van der Waals surface area contributed by atoms with Crippen molar-refractivity contribution in [1.29, 1.82) is 0 Å². The molecule has 106 valence electrons. The van der Waals surface area contributed by atoms with Crippen molar-refractivity contribution < 1.29 is 5.11 Å². The van der Waals surface area contributed by atoms with Crippen LogP contribution in [0.3, 0.4) is 0 Å². The summed E-state index contributed by atoms with van der Waals surface area (Å²) >= 11 is 0. The second-order valence-electron chi connectivity index (χ2n) is 6.10. The van der Waals surface area contributed by atoms with Gasteiger partial charge in [0, 0.05) is 0 Å². The van der Waals surface area contributed by atoms with Crippen LogP contribution in [0.5, 0.6) is 0 Å². The molecule has 1 aromatic carbocycles. The van der Waals surface area contributed by atoms with Gasteiger partial charge < -0.3 is 10.8 Å². The number of aliphatic hydroxyl groups is 1. The number of benzene rings is 1. The third kappa shape index (κ3) is 4.32. The van der Waals surface area contributed by atoms with Crippen molar-refractivity contribution in [3.63, 3.8) is 0 Å². The second-order valence-corrected chi connectivity index (χ2v) is 6.10. The summed E-state index contributed by atoms with van der Waals surface area (Å²) in [7, 11) is 0. The molecule has 2 heteroatoms. The summed E-state index contributed by atoms with van der Waals surface area (Å²) in [5.41, 5.74) is 7.61. The van der Waals surface area contributed by atoms with Gasteiger partial charge in [-0.3, -0.25) is 0 Å². The Kier molecular flexibility index (Phi) is 5.00. The summed E-state index contributed by atoms with van der Waals surface area (Å²) in [4.78, 5) is 0. The van der Waals surface area contributed by atoms with Crippen molar-refractivity contribution in [3.8, 4) is 0 Å². The van der Waals surface area contributed by atoms with Crippen LogP contribution in [-0.2, 0) is 6.42 Å². The van der Waals surface area contributed by atoms with Gasteiger partial charge in [0.05, 0.1) is 0 Å². The van der Waals surface area contributed by atoms with E-state index >= 15 is 0 Å². The first-order valence-corrected chi connectivity index (χ1v) is 7.71. The summed E-state index contributed by atoms with van der Waals surface area (Å²) in [6.45, 7) is 2.25. The molecule has 1 aliphatic rings. The van der Waals surface area contributed by atoms with Gasteiger partial charge in [0.15, 0.2) is 0 Å². The molecule has 2 rings (SSSR count). The first-order chi connectivity index (χ1) is 9.11. The van der Waals surface area contributed by atoms with Crippen molar-refractivity contribution in [2.75, 3.05) is 0 Å². The maximum atomic E-state index is 9.83. The van der Waals surface area contributed by atoms with E-state index < -0.39 is 5.72 Å². The van der Waals surface area contributed by atoms with E-state index in [4.69, 9.17) is 5.73 Å². The molecule has 1 fully saturated rings. The third-order valence-electron chi connectivity index (χ3n) is 4.30. The Morgan fingerprint density at radius 3 is 2.53 bits per heavy atom. The largest absolute Gasteiger partial charge is 0.376 e. The molecule has 0 aromatic heterocycles. The van der Waals surface area contributed by atoms with Crippen LogP contribution < -0.4 is 5.73 Å². The molecular weight excluding hydrogens is 234 g/mol. The van der Waals surface area contributed by atoms with Crippen LogP contribution in [-0.4, -0.2) is 10.8 Å². The predicted molar refractivity (Wildman–Crippen MR) is 80.0 cm³/mol. The highest BCUT2D eigenvalue weighted by atomic mass is 16.3. The smallest absolute Gasteiger partial charge is 0.114 e. The summed E-state index contributed by atoms with van der Waals surface area (Å²) in [6.07, 6.45) is 8.87. The van der Waals surface area contributed by atoms with Crippen molar-refractivity contribution in [3.05, 3.63) is 35.4 Å². The summed E-state index contributed by atoms with van der Waals surface area (Å²) < 4.78 is 0. The lowest BCUT2D eigenvalue weighted by Crippen LogP contribution is -2.35. The van der Waals surface area contributed by atoms with Gasteiger partial charge in [0.25, 0.3) is 0 Å². The molecule has 3 N–H and O–H groups in total. The van der Waals surface area contributed by atoms with Gasteiger partial charge in [-0.15, -0.1) is 0 Å². The Bertz CT molecular complexity index is 383. The normalized spacial score (nSPS) is 26.8. The quantitative estimate of drug-likeness (QED) is 0.605. The first kappa shape index (κ1) is 14.5. The molecule has 0 saturated heterocycles. The average molecular weight is 261 g/mol. The molecule has 0 spiro atoms. The fraction of sp³-hybridized carbons (Fsp3) is 0.647. The molecule has 0 aliphatic heterocycles. The average Bonchev–Trinajstić information content (AvgIpc) is 2.76. The second kappa shape index (κ2) is 6.53. The van der Waals surface area contributed by atoms with Crippen LogP contribution in [0.25, 0.3) is 0 Å². The summed E-state index contributed by atoms with van der Waals surface area (Å²) in [5.74, 6) is 0.434. The molecule has 0 heterocycles.